The van der Waals surface area contributed by atoms with Gasteiger partial charge in [0.2, 0.25) is 0 Å². The number of amides is 1. The minimum absolute atomic E-state index is 0.139. The maximum Gasteiger partial charge on any atom is 0.261 e. The Kier molecular flexibility index (Phi) is 4.51. The summed E-state index contributed by atoms with van der Waals surface area (Å²) in [6.07, 6.45) is 1.03. The van der Waals surface area contributed by atoms with E-state index in [0.29, 0.717) is 5.75 Å². The van der Waals surface area contributed by atoms with Crippen LogP contribution in [0.25, 0.3) is 0 Å². The Hall–Kier alpha value is -1.10. The molecule has 5 heteroatoms. The highest BCUT2D eigenvalue weighted by atomic mass is 79.9. The molecule has 1 rings (SSSR count). The Morgan fingerprint density at radius 3 is 2.59 bits per heavy atom. The van der Waals surface area contributed by atoms with E-state index in [1.54, 1.807) is 25.3 Å². The SMILES string of the molecule is CC(Oc1ccc(Br)nc1)C(=O)NC(C)(C)C. The van der Waals surface area contributed by atoms with Gasteiger partial charge in [-0.15, -0.1) is 0 Å². The van der Waals surface area contributed by atoms with Gasteiger partial charge in [-0.05, 0) is 55.8 Å². The number of aromatic nitrogens is 1. The van der Waals surface area contributed by atoms with E-state index >= 15 is 0 Å². The second kappa shape index (κ2) is 5.49. The number of rotatable bonds is 3. The van der Waals surface area contributed by atoms with Gasteiger partial charge in [0.1, 0.15) is 10.4 Å². The van der Waals surface area contributed by atoms with Crippen LogP contribution in [0, 0.1) is 0 Å². The minimum atomic E-state index is -0.544. The Morgan fingerprint density at radius 2 is 2.12 bits per heavy atom. The van der Waals surface area contributed by atoms with Crippen LogP contribution in [0.4, 0.5) is 0 Å². The highest BCUT2D eigenvalue weighted by Gasteiger charge is 2.20. The van der Waals surface area contributed by atoms with Gasteiger partial charge in [-0.2, -0.15) is 0 Å². The maximum absolute atomic E-state index is 11.8. The number of hydrogen-bond acceptors (Lipinski definition) is 3. The van der Waals surface area contributed by atoms with Crippen LogP contribution >= 0.6 is 15.9 Å². The molecule has 0 fully saturated rings. The van der Waals surface area contributed by atoms with Crippen molar-refractivity contribution in [3.63, 3.8) is 0 Å². The molecule has 1 amide bonds. The molecule has 1 aromatic rings. The fourth-order valence-electron chi connectivity index (χ4n) is 1.16. The molecule has 0 aliphatic heterocycles. The van der Waals surface area contributed by atoms with Gasteiger partial charge in [0.15, 0.2) is 6.10 Å². The summed E-state index contributed by atoms with van der Waals surface area (Å²) < 4.78 is 6.21. The first-order valence-corrected chi connectivity index (χ1v) is 6.17. The average Bonchev–Trinajstić information content (AvgIpc) is 2.19. The van der Waals surface area contributed by atoms with Gasteiger partial charge in [0.25, 0.3) is 5.91 Å². The van der Waals surface area contributed by atoms with Crippen molar-refractivity contribution in [2.75, 3.05) is 0 Å². The van der Waals surface area contributed by atoms with Crippen LogP contribution in [0.1, 0.15) is 27.7 Å². The second-order valence-corrected chi connectivity index (χ2v) is 5.63. The highest BCUT2D eigenvalue weighted by Crippen LogP contribution is 2.14. The van der Waals surface area contributed by atoms with Gasteiger partial charge >= 0.3 is 0 Å². The Labute approximate surface area is 110 Å². The molecule has 0 bridgehead atoms. The number of hydrogen-bond donors (Lipinski definition) is 1. The number of nitrogens with one attached hydrogen (secondary N) is 1. The normalized spacial score (nSPS) is 13.0. The molecule has 0 aliphatic rings. The molecule has 1 N–H and O–H groups in total. The number of nitrogens with zero attached hydrogens (tertiary/aromatic N) is 1. The van der Waals surface area contributed by atoms with Gasteiger partial charge in [0.05, 0.1) is 6.20 Å². The second-order valence-electron chi connectivity index (χ2n) is 4.82. The lowest BCUT2D eigenvalue weighted by Gasteiger charge is -2.23. The number of halogens is 1. The summed E-state index contributed by atoms with van der Waals surface area (Å²) in [5.74, 6) is 0.435. The fourth-order valence-corrected chi connectivity index (χ4v) is 1.40. The van der Waals surface area contributed by atoms with Crippen molar-refractivity contribution < 1.29 is 9.53 Å². The van der Waals surface area contributed by atoms with Gasteiger partial charge in [0, 0.05) is 5.54 Å². The largest absolute Gasteiger partial charge is 0.479 e. The molecule has 17 heavy (non-hydrogen) atoms. The quantitative estimate of drug-likeness (QED) is 0.873. The fraction of sp³-hybridized carbons (Fsp3) is 0.500. The van der Waals surface area contributed by atoms with E-state index in [-0.39, 0.29) is 11.4 Å². The lowest BCUT2D eigenvalue weighted by atomic mass is 10.1. The van der Waals surface area contributed by atoms with Gasteiger partial charge < -0.3 is 10.1 Å². The third-order valence-electron chi connectivity index (χ3n) is 1.88. The molecular weight excluding hydrogens is 284 g/mol. The van der Waals surface area contributed by atoms with Crippen molar-refractivity contribution in [1.29, 1.82) is 0 Å². The van der Waals surface area contributed by atoms with Crippen molar-refractivity contribution in [3.05, 3.63) is 22.9 Å². The Bertz CT molecular complexity index is 384. The third kappa shape index (κ3) is 5.17. The van der Waals surface area contributed by atoms with Crippen LogP contribution in [-0.2, 0) is 4.79 Å². The van der Waals surface area contributed by atoms with Crippen LogP contribution in [-0.4, -0.2) is 22.5 Å². The van der Waals surface area contributed by atoms with E-state index in [9.17, 15) is 4.79 Å². The van der Waals surface area contributed by atoms with Crippen LogP contribution < -0.4 is 10.1 Å². The maximum atomic E-state index is 11.8. The zero-order valence-corrected chi connectivity index (χ0v) is 12.0. The van der Waals surface area contributed by atoms with Crippen LogP contribution in [0.5, 0.6) is 5.75 Å². The predicted molar refractivity (Wildman–Crippen MR) is 69.9 cm³/mol. The van der Waals surface area contributed by atoms with Crippen LogP contribution in [0.15, 0.2) is 22.9 Å². The monoisotopic (exact) mass is 300 g/mol. The summed E-state index contributed by atoms with van der Waals surface area (Å²) in [5.41, 5.74) is -0.257. The van der Waals surface area contributed by atoms with Crippen LogP contribution in [0.3, 0.4) is 0 Å². The van der Waals surface area contributed by atoms with Gasteiger partial charge in [-0.25, -0.2) is 4.98 Å². The molecule has 0 spiro atoms. The summed E-state index contributed by atoms with van der Waals surface area (Å²) in [7, 11) is 0. The number of carbonyl (C=O) groups is 1. The summed E-state index contributed by atoms with van der Waals surface area (Å²) >= 11 is 3.23. The van der Waals surface area contributed by atoms with Crippen molar-refractivity contribution in [3.8, 4) is 5.75 Å². The molecule has 1 atom stereocenters. The molecule has 94 valence electrons. The minimum Gasteiger partial charge on any atom is -0.479 e. The zero-order valence-electron chi connectivity index (χ0n) is 10.5. The van der Waals surface area contributed by atoms with Crippen molar-refractivity contribution in [2.24, 2.45) is 0 Å². The molecule has 0 radical (unpaired) electrons. The van der Waals surface area contributed by atoms with Gasteiger partial charge in [-0.1, -0.05) is 0 Å². The summed E-state index contributed by atoms with van der Waals surface area (Å²) in [5, 5.41) is 2.86. The first-order valence-electron chi connectivity index (χ1n) is 5.38. The smallest absolute Gasteiger partial charge is 0.261 e. The molecular formula is C12H17BrN2O2. The molecule has 1 heterocycles. The van der Waals surface area contributed by atoms with E-state index in [1.165, 1.54) is 0 Å². The Morgan fingerprint density at radius 1 is 1.47 bits per heavy atom. The lowest BCUT2D eigenvalue weighted by molar-refractivity contribution is -0.128. The first-order chi connectivity index (χ1) is 7.78. The zero-order chi connectivity index (χ0) is 13.1. The average molecular weight is 301 g/mol. The van der Waals surface area contributed by atoms with E-state index in [4.69, 9.17) is 4.74 Å². The lowest BCUT2D eigenvalue weighted by Crippen LogP contribution is -2.46. The molecule has 1 aromatic heterocycles. The molecule has 0 aromatic carbocycles. The molecule has 0 saturated heterocycles. The van der Waals surface area contributed by atoms with E-state index in [0.717, 1.165) is 4.60 Å². The standard InChI is InChI=1S/C12H17BrN2O2/c1-8(11(16)15-12(2,3)4)17-9-5-6-10(13)14-7-9/h5-8H,1-4H3,(H,15,16). The number of pyridine rings is 1. The van der Waals surface area contributed by atoms with Gasteiger partial charge in [-0.3, -0.25) is 4.79 Å². The van der Waals surface area contributed by atoms with E-state index in [2.05, 4.69) is 26.2 Å². The van der Waals surface area contributed by atoms with Crippen molar-refractivity contribution in [2.45, 2.75) is 39.3 Å². The topological polar surface area (TPSA) is 51.2 Å². The third-order valence-corrected chi connectivity index (χ3v) is 2.35. The Balaban J connectivity index is 2.57. The summed E-state index contributed by atoms with van der Waals surface area (Å²) in [6, 6.07) is 3.53. The van der Waals surface area contributed by atoms with Crippen molar-refractivity contribution in [1.82, 2.24) is 10.3 Å². The molecule has 1 unspecified atom stereocenters. The summed E-state index contributed by atoms with van der Waals surface area (Å²) in [6.45, 7) is 7.50. The molecule has 0 aliphatic carbocycles. The highest BCUT2D eigenvalue weighted by molar-refractivity contribution is 9.10. The molecule has 0 saturated carbocycles. The first kappa shape index (κ1) is 14.0. The van der Waals surface area contributed by atoms with E-state index < -0.39 is 6.10 Å². The van der Waals surface area contributed by atoms with Crippen LogP contribution in [0.2, 0.25) is 0 Å². The summed E-state index contributed by atoms with van der Waals surface area (Å²) in [4.78, 5) is 15.8. The van der Waals surface area contributed by atoms with E-state index in [1.807, 2.05) is 20.8 Å². The number of carbonyl (C=O) groups excluding carboxylic acids is 1. The van der Waals surface area contributed by atoms with Crippen molar-refractivity contribution >= 4 is 21.8 Å². The number of ether oxygens (including phenoxy) is 1. The predicted octanol–water partition coefficient (Wildman–Crippen LogP) is 2.53. The molecule has 4 nitrogen and oxygen atoms in total.